The number of carbonyl (C=O) groups excluding carboxylic acids is 3. The van der Waals surface area contributed by atoms with E-state index in [9.17, 15) is 14.4 Å². The molecule has 1 atom stereocenters. The molecule has 394 valence electrons. The highest BCUT2D eigenvalue weighted by Gasteiger charge is 2.23. The second-order valence-electron chi connectivity index (χ2n) is 18.2. The fourth-order valence-electron chi connectivity index (χ4n) is 8.11. The molecule has 0 bridgehead atoms. The fraction of sp³-hybridized carbons (Fsp3) is 0.420. The van der Waals surface area contributed by atoms with E-state index < -0.39 is 6.04 Å². The number of para-hydroxylation sites is 2. The number of halogens is 2. The van der Waals surface area contributed by atoms with Crippen molar-refractivity contribution < 1.29 is 24.2 Å². The summed E-state index contributed by atoms with van der Waals surface area (Å²) >= 11 is 14.9. The van der Waals surface area contributed by atoms with Crippen LogP contribution >= 0.6 is 45.9 Å². The summed E-state index contributed by atoms with van der Waals surface area (Å²) < 4.78 is 5.38. The maximum absolute atomic E-state index is 12.8. The van der Waals surface area contributed by atoms with Crippen LogP contribution in [-0.4, -0.2) is 147 Å². The molecule has 0 unspecified atom stereocenters. The molecule has 2 aliphatic rings. The van der Waals surface area contributed by atoms with Crippen LogP contribution in [0.2, 0.25) is 10.0 Å². The quantitative estimate of drug-likeness (QED) is 0.0455. The molecule has 20 nitrogen and oxygen atoms in total. The minimum atomic E-state index is -0.568. The number of aliphatic hydroxyl groups is 1. The molecule has 4 aromatic heterocycles. The van der Waals surface area contributed by atoms with Gasteiger partial charge in [0.25, 0.3) is 11.8 Å². The minimum Gasteiger partial charge on any atom is -0.463 e. The fourth-order valence-corrected chi connectivity index (χ4v) is 10.1. The normalized spacial score (nSPS) is 14.5. The zero-order chi connectivity index (χ0) is 52.9. The Kier molecular flexibility index (Phi) is 19.8. The highest BCUT2D eigenvalue weighted by Crippen LogP contribution is 2.31. The number of esters is 1. The molecular formula is C50H63Cl2N15O5S2. The van der Waals surface area contributed by atoms with Gasteiger partial charge < -0.3 is 46.6 Å². The third kappa shape index (κ3) is 15.7. The van der Waals surface area contributed by atoms with E-state index >= 15 is 0 Å². The Morgan fingerprint density at radius 2 is 1.14 bits per heavy atom. The van der Waals surface area contributed by atoms with Crippen LogP contribution in [0.25, 0.3) is 0 Å². The van der Waals surface area contributed by atoms with E-state index in [4.69, 9.17) is 38.8 Å². The van der Waals surface area contributed by atoms with Crippen molar-refractivity contribution in [2.24, 2.45) is 11.7 Å². The van der Waals surface area contributed by atoms with Gasteiger partial charge in [-0.3, -0.25) is 24.2 Å². The summed E-state index contributed by atoms with van der Waals surface area (Å²) in [6.07, 6.45) is 3.68. The molecule has 2 saturated heterocycles. The number of hydrogen-bond donors (Lipinski definition) is 6. The van der Waals surface area contributed by atoms with Gasteiger partial charge in [-0.2, -0.15) is 0 Å². The lowest BCUT2D eigenvalue weighted by Crippen LogP contribution is -2.48. The van der Waals surface area contributed by atoms with Crippen molar-refractivity contribution in [1.82, 2.24) is 39.7 Å². The van der Waals surface area contributed by atoms with Crippen LogP contribution < -0.4 is 36.8 Å². The van der Waals surface area contributed by atoms with E-state index in [1.807, 2.05) is 77.9 Å². The zero-order valence-corrected chi connectivity index (χ0v) is 45.5. The lowest BCUT2D eigenvalue weighted by atomic mass is 10.1. The number of piperazine rings is 2. The van der Waals surface area contributed by atoms with E-state index in [1.54, 1.807) is 12.1 Å². The molecule has 0 saturated carbocycles. The molecule has 0 spiro atoms. The van der Waals surface area contributed by atoms with E-state index in [0.29, 0.717) is 96.8 Å². The number of nitrogens with two attached hydrogens (primary N) is 1. The maximum Gasteiger partial charge on any atom is 0.322 e. The number of carbonyl (C=O) groups is 3. The number of amides is 2. The number of nitrogens with one attached hydrogen (secondary N) is 4. The number of benzene rings is 2. The Hall–Kier alpha value is -6.11. The Labute approximate surface area is 449 Å². The molecule has 2 fully saturated rings. The van der Waals surface area contributed by atoms with Crippen molar-refractivity contribution in [3.8, 4) is 0 Å². The van der Waals surface area contributed by atoms with Crippen LogP contribution in [-0.2, 0) is 9.53 Å². The number of rotatable bonds is 18. The first-order valence-corrected chi connectivity index (χ1v) is 26.7. The van der Waals surface area contributed by atoms with Crippen LogP contribution in [0.15, 0.2) is 60.9 Å². The number of aromatic nitrogens is 6. The Balaban J connectivity index is 0.000000221. The first-order chi connectivity index (χ1) is 35.5. The standard InChI is InChI=1S/C28H37ClN8O3S.C22H26ClN7O2S/c1-17(2)14-21(30)27(39)40-13-12-36-8-10-37(11-9-36)24-15-23(32-19(4)33-24)34-28-31-16-22(41-28)26(38)35-25-18(3)6-5-7-20(25)29;1-14-4-3-5-16(23)20(14)28-21(32)17-13-24-22(33-17)27-18-12-19(26-15(2)25-18)30-8-6-29(7-9-30)10-11-31/h5-7,15-17,21H,8-14,30H2,1-4H3,(H,35,38)(H,31,32,33,34);3-5,12-13,31H,6-11H2,1-2H3,(H,28,32)(H,24,25,26,27)/t21-;/m1./s1. The Bertz CT molecular complexity index is 2830. The molecule has 24 heteroatoms. The smallest absolute Gasteiger partial charge is 0.322 e. The predicted octanol–water partition coefficient (Wildman–Crippen LogP) is 7.55. The molecule has 2 aromatic carbocycles. The summed E-state index contributed by atoms with van der Waals surface area (Å²) in [7, 11) is 0. The molecular weight excluding hydrogens is 1030 g/mol. The topological polar surface area (TPSA) is 245 Å². The van der Waals surface area contributed by atoms with Gasteiger partial charge in [-0.05, 0) is 63.3 Å². The summed E-state index contributed by atoms with van der Waals surface area (Å²) in [5, 5.41) is 23.4. The lowest BCUT2D eigenvalue weighted by Gasteiger charge is -2.35. The number of ether oxygens (including phenoxy) is 1. The summed E-state index contributed by atoms with van der Waals surface area (Å²) in [6, 6.07) is 14.1. The van der Waals surface area contributed by atoms with Crippen molar-refractivity contribution in [3.63, 3.8) is 0 Å². The highest BCUT2D eigenvalue weighted by molar-refractivity contribution is 7.18. The van der Waals surface area contributed by atoms with Crippen molar-refractivity contribution in [2.45, 2.75) is 54.0 Å². The van der Waals surface area contributed by atoms with Crippen molar-refractivity contribution >= 4 is 109 Å². The van der Waals surface area contributed by atoms with E-state index in [-0.39, 0.29) is 24.4 Å². The first kappa shape index (κ1) is 55.6. The van der Waals surface area contributed by atoms with E-state index in [1.165, 1.54) is 35.1 Å². The van der Waals surface area contributed by atoms with Crippen LogP contribution in [0.4, 0.5) is 44.9 Å². The van der Waals surface area contributed by atoms with Crippen LogP contribution in [0.1, 0.15) is 62.4 Å². The van der Waals surface area contributed by atoms with E-state index in [0.717, 1.165) is 75.1 Å². The van der Waals surface area contributed by atoms with Gasteiger partial charge in [0, 0.05) is 77.6 Å². The monoisotopic (exact) mass is 1090 g/mol. The molecule has 0 aliphatic carbocycles. The lowest BCUT2D eigenvalue weighted by molar-refractivity contribution is -0.146. The van der Waals surface area contributed by atoms with E-state index in [2.05, 4.69) is 70.8 Å². The van der Waals surface area contributed by atoms with Gasteiger partial charge in [-0.1, -0.05) is 84.0 Å². The molecule has 74 heavy (non-hydrogen) atoms. The average Bonchev–Trinajstić information content (AvgIpc) is 4.04. The Morgan fingerprint density at radius 3 is 1.55 bits per heavy atom. The molecule has 6 aromatic rings. The minimum absolute atomic E-state index is 0.173. The van der Waals surface area contributed by atoms with Gasteiger partial charge in [0.2, 0.25) is 0 Å². The maximum atomic E-state index is 12.8. The summed E-state index contributed by atoms with van der Waals surface area (Å²) in [5.74, 6) is 3.62. The third-order valence-electron chi connectivity index (χ3n) is 12.0. The van der Waals surface area contributed by atoms with Crippen molar-refractivity contribution in [2.75, 3.05) is 110 Å². The van der Waals surface area contributed by atoms with Gasteiger partial charge in [-0.25, -0.2) is 29.9 Å². The number of β-amino-alcohol motifs (C(OH)–C–C–N with tert-alkyl or cyclic N) is 1. The zero-order valence-electron chi connectivity index (χ0n) is 42.3. The number of nitrogens with zero attached hydrogens (tertiary/aromatic N) is 10. The molecule has 7 N–H and O–H groups in total. The Morgan fingerprint density at radius 1 is 0.689 bits per heavy atom. The van der Waals surface area contributed by atoms with Gasteiger partial charge in [-0.15, -0.1) is 0 Å². The number of hydrogen-bond acceptors (Lipinski definition) is 20. The van der Waals surface area contributed by atoms with Crippen LogP contribution in [0.5, 0.6) is 0 Å². The molecule has 0 radical (unpaired) electrons. The van der Waals surface area contributed by atoms with Gasteiger partial charge in [0.15, 0.2) is 10.3 Å². The van der Waals surface area contributed by atoms with Gasteiger partial charge in [0.05, 0.1) is 40.4 Å². The molecule has 6 heterocycles. The second kappa shape index (κ2) is 26.4. The molecule has 8 rings (SSSR count). The predicted molar refractivity (Wildman–Crippen MR) is 295 cm³/mol. The molecule has 2 amide bonds. The number of thiazole rings is 2. The van der Waals surface area contributed by atoms with Gasteiger partial charge >= 0.3 is 5.97 Å². The van der Waals surface area contributed by atoms with Gasteiger partial charge in [0.1, 0.15) is 57.3 Å². The third-order valence-corrected chi connectivity index (χ3v) is 14.4. The molecule has 2 aliphatic heterocycles. The summed E-state index contributed by atoms with van der Waals surface area (Å²) in [4.78, 5) is 74.2. The SMILES string of the molecule is Cc1nc(Nc2ncc(C(=O)Nc3c(C)cccc3Cl)s2)cc(N2CCN(CCO)CC2)n1.Cc1nc(Nc2ncc(C(=O)Nc3c(C)cccc3Cl)s2)cc(N2CCN(CCOC(=O)[C@H](N)CC(C)C)CC2)n1. The van der Waals surface area contributed by atoms with Crippen molar-refractivity contribution in [1.29, 1.82) is 0 Å². The first-order valence-electron chi connectivity index (χ1n) is 24.3. The van der Waals surface area contributed by atoms with Crippen molar-refractivity contribution in [3.05, 3.63) is 103 Å². The van der Waals surface area contributed by atoms with Crippen LogP contribution in [0, 0.1) is 33.6 Å². The largest absolute Gasteiger partial charge is 0.463 e. The average molecular weight is 1090 g/mol. The van der Waals surface area contributed by atoms with Crippen LogP contribution in [0.3, 0.4) is 0 Å². The highest BCUT2D eigenvalue weighted by atomic mass is 35.5. The number of anilines is 8. The number of aryl methyl sites for hydroxylation is 4. The number of aliphatic hydroxyl groups excluding tert-OH is 1. The summed E-state index contributed by atoms with van der Waals surface area (Å²) in [6.45, 7) is 20.0. The second-order valence-corrected chi connectivity index (χ2v) is 21.1. The summed E-state index contributed by atoms with van der Waals surface area (Å²) in [5.41, 5.74) is 8.86.